The summed E-state index contributed by atoms with van der Waals surface area (Å²) in [5.74, 6) is 0.927. The van der Waals surface area contributed by atoms with Gasteiger partial charge in [0.1, 0.15) is 5.82 Å². The molecule has 4 aromatic rings. The number of piperazine rings is 1. The Kier molecular flexibility index (Phi) is 4.37. The van der Waals surface area contributed by atoms with E-state index in [1.54, 1.807) is 0 Å². The molecule has 1 aromatic carbocycles. The summed E-state index contributed by atoms with van der Waals surface area (Å²) >= 11 is 0. The lowest BCUT2D eigenvalue weighted by atomic mass is 10.1. The molecule has 1 aliphatic rings. The number of pyridine rings is 1. The molecule has 0 aliphatic carbocycles. The molecule has 28 heavy (non-hydrogen) atoms. The van der Waals surface area contributed by atoms with E-state index in [0.29, 0.717) is 0 Å². The van der Waals surface area contributed by atoms with Gasteiger partial charge >= 0.3 is 0 Å². The second-order valence-electron chi connectivity index (χ2n) is 7.76. The summed E-state index contributed by atoms with van der Waals surface area (Å²) in [6.45, 7) is 10.5. The van der Waals surface area contributed by atoms with Crippen molar-refractivity contribution in [2.45, 2.75) is 26.9 Å². The zero-order chi connectivity index (χ0) is 19.1. The van der Waals surface area contributed by atoms with Gasteiger partial charge in [0, 0.05) is 45.0 Å². The van der Waals surface area contributed by atoms with Gasteiger partial charge in [0.25, 0.3) is 0 Å². The van der Waals surface area contributed by atoms with Crippen LogP contribution in [0.15, 0.2) is 42.5 Å². The lowest BCUT2D eigenvalue weighted by Crippen LogP contribution is -2.42. The van der Waals surface area contributed by atoms with Gasteiger partial charge in [-0.25, -0.2) is 0 Å². The van der Waals surface area contributed by atoms with Crippen molar-refractivity contribution < 1.29 is 0 Å². The third-order valence-corrected chi connectivity index (χ3v) is 5.75. The van der Waals surface area contributed by atoms with Crippen molar-refractivity contribution in [2.75, 3.05) is 26.2 Å². The van der Waals surface area contributed by atoms with E-state index in [9.17, 15) is 0 Å². The van der Waals surface area contributed by atoms with E-state index < -0.39 is 0 Å². The van der Waals surface area contributed by atoms with Gasteiger partial charge in [0.05, 0.1) is 11.0 Å². The molecule has 1 aliphatic heterocycles. The Morgan fingerprint density at radius 3 is 2.50 bits per heavy atom. The van der Waals surface area contributed by atoms with Crippen molar-refractivity contribution in [1.29, 1.82) is 0 Å². The van der Waals surface area contributed by atoms with Crippen molar-refractivity contribution in [3.8, 4) is 0 Å². The number of aryl methyl sites for hydroxylation is 2. The maximum atomic E-state index is 4.25. The van der Waals surface area contributed by atoms with Crippen LogP contribution in [-0.4, -0.2) is 50.2 Å². The maximum Gasteiger partial charge on any atom is 0.161 e. The zero-order valence-corrected chi connectivity index (χ0v) is 16.5. The summed E-state index contributed by atoms with van der Waals surface area (Å²) in [6, 6.07) is 15.5. The molecule has 144 valence electrons. The highest BCUT2D eigenvalue weighted by Gasteiger charge is 2.13. The van der Waals surface area contributed by atoms with Crippen LogP contribution in [0, 0.1) is 13.8 Å². The molecule has 0 bridgehead atoms. The number of hydrogen-bond donors (Lipinski definition) is 1. The van der Waals surface area contributed by atoms with E-state index in [4.69, 9.17) is 0 Å². The minimum Gasteiger partial charge on any atom is -0.339 e. The van der Waals surface area contributed by atoms with E-state index >= 15 is 0 Å². The molecule has 3 aromatic heterocycles. The number of fused-ring (bicyclic) bond motifs is 3. The summed E-state index contributed by atoms with van der Waals surface area (Å²) in [4.78, 5) is 2.53. The second-order valence-corrected chi connectivity index (χ2v) is 7.76. The largest absolute Gasteiger partial charge is 0.339 e. The Morgan fingerprint density at radius 2 is 1.68 bits per heavy atom. The van der Waals surface area contributed by atoms with E-state index in [2.05, 4.69) is 78.8 Å². The van der Waals surface area contributed by atoms with Gasteiger partial charge in [-0.3, -0.25) is 9.30 Å². The van der Waals surface area contributed by atoms with Gasteiger partial charge in [-0.1, -0.05) is 24.3 Å². The first-order chi connectivity index (χ1) is 13.7. The molecule has 6 nitrogen and oxygen atoms in total. The van der Waals surface area contributed by atoms with Gasteiger partial charge < -0.3 is 9.88 Å². The van der Waals surface area contributed by atoms with Gasteiger partial charge in [-0.15, -0.1) is 10.2 Å². The van der Waals surface area contributed by atoms with Crippen molar-refractivity contribution in [2.24, 2.45) is 0 Å². The molecule has 5 rings (SSSR count). The van der Waals surface area contributed by atoms with Crippen LogP contribution in [0.2, 0.25) is 0 Å². The summed E-state index contributed by atoms with van der Waals surface area (Å²) in [7, 11) is 0. The standard InChI is InChI=1S/C22H26N6/c1-16-12-21-20(6-7-22-25-24-17(2)28(21)22)27(16)15-19-5-3-4-18(13-19)14-26-10-8-23-9-11-26/h3-7,12-13,23H,8-11,14-15H2,1-2H3. The highest BCUT2D eigenvalue weighted by Crippen LogP contribution is 2.23. The number of nitrogens with zero attached hydrogens (tertiary/aromatic N) is 5. The van der Waals surface area contributed by atoms with Crippen molar-refractivity contribution in [3.05, 3.63) is 65.1 Å². The Hall–Kier alpha value is -2.70. The van der Waals surface area contributed by atoms with Crippen molar-refractivity contribution >= 4 is 16.7 Å². The average molecular weight is 374 g/mol. The Balaban J connectivity index is 1.46. The third kappa shape index (κ3) is 3.08. The lowest BCUT2D eigenvalue weighted by molar-refractivity contribution is 0.233. The highest BCUT2D eigenvalue weighted by molar-refractivity contribution is 5.81. The lowest BCUT2D eigenvalue weighted by Gasteiger charge is -2.27. The van der Waals surface area contributed by atoms with Crippen LogP contribution in [0.5, 0.6) is 0 Å². The summed E-state index contributed by atoms with van der Waals surface area (Å²) in [6.07, 6.45) is 0. The fourth-order valence-corrected chi connectivity index (χ4v) is 4.32. The molecule has 0 unspecified atom stereocenters. The predicted octanol–water partition coefficient (Wildman–Crippen LogP) is 2.75. The monoisotopic (exact) mass is 374 g/mol. The summed E-state index contributed by atoms with van der Waals surface area (Å²) in [5, 5.41) is 11.9. The van der Waals surface area contributed by atoms with E-state index in [1.165, 1.54) is 27.9 Å². The second kappa shape index (κ2) is 7.04. The maximum absolute atomic E-state index is 4.25. The first-order valence-electron chi connectivity index (χ1n) is 10.0. The van der Waals surface area contributed by atoms with Crippen molar-refractivity contribution in [3.63, 3.8) is 0 Å². The molecule has 1 saturated heterocycles. The van der Waals surface area contributed by atoms with Crippen LogP contribution in [-0.2, 0) is 13.1 Å². The molecule has 0 amide bonds. The average Bonchev–Trinajstić information content (AvgIpc) is 3.23. The van der Waals surface area contributed by atoms with Gasteiger partial charge in [-0.05, 0) is 43.2 Å². The first-order valence-corrected chi connectivity index (χ1v) is 10.0. The normalized spacial score (nSPS) is 15.6. The van der Waals surface area contributed by atoms with Crippen LogP contribution in [0.1, 0.15) is 22.6 Å². The molecule has 0 saturated carbocycles. The minimum atomic E-state index is 0.872. The number of hydrogen-bond acceptors (Lipinski definition) is 4. The van der Waals surface area contributed by atoms with Gasteiger partial charge in [0.2, 0.25) is 0 Å². The number of rotatable bonds is 4. The predicted molar refractivity (Wildman–Crippen MR) is 112 cm³/mol. The molecule has 0 atom stereocenters. The minimum absolute atomic E-state index is 0.872. The summed E-state index contributed by atoms with van der Waals surface area (Å²) < 4.78 is 4.53. The molecule has 1 fully saturated rings. The van der Waals surface area contributed by atoms with Crippen molar-refractivity contribution in [1.82, 2.24) is 29.4 Å². The Bertz CT molecular complexity index is 1130. The fraction of sp³-hybridized carbons (Fsp3) is 0.364. The fourth-order valence-electron chi connectivity index (χ4n) is 4.32. The molecule has 0 radical (unpaired) electrons. The Morgan fingerprint density at radius 1 is 0.893 bits per heavy atom. The van der Waals surface area contributed by atoms with Crippen LogP contribution < -0.4 is 5.32 Å². The topological polar surface area (TPSA) is 50.4 Å². The van der Waals surface area contributed by atoms with Gasteiger partial charge in [-0.2, -0.15) is 0 Å². The molecular weight excluding hydrogens is 348 g/mol. The van der Waals surface area contributed by atoms with Crippen LogP contribution in [0.4, 0.5) is 0 Å². The number of nitrogens with one attached hydrogen (secondary N) is 1. The smallest absolute Gasteiger partial charge is 0.161 e. The highest BCUT2D eigenvalue weighted by atomic mass is 15.2. The van der Waals surface area contributed by atoms with Gasteiger partial charge in [0.15, 0.2) is 5.65 Å². The molecule has 1 N–H and O–H groups in total. The molecule has 4 heterocycles. The number of benzene rings is 1. The first kappa shape index (κ1) is 17.4. The van der Waals surface area contributed by atoms with Crippen LogP contribution >= 0.6 is 0 Å². The van der Waals surface area contributed by atoms with Crippen LogP contribution in [0.25, 0.3) is 16.7 Å². The van der Waals surface area contributed by atoms with E-state index in [1.807, 2.05) is 6.92 Å². The zero-order valence-electron chi connectivity index (χ0n) is 16.5. The number of aromatic nitrogens is 4. The summed E-state index contributed by atoms with van der Waals surface area (Å²) in [5.41, 5.74) is 7.29. The molecule has 6 heteroatoms. The quantitative estimate of drug-likeness (QED) is 0.597. The molecular formula is C22H26N6. The third-order valence-electron chi connectivity index (χ3n) is 5.75. The van der Waals surface area contributed by atoms with Crippen LogP contribution in [0.3, 0.4) is 0 Å². The van der Waals surface area contributed by atoms with E-state index in [-0.39, 0.29) is 0 Å². The SMILES string of the molecule is Cc1cc2c(ccc3nnc(C)n32)n1Cc1cccc(CN2CCNCC2)c1. The van der Waals surface area contributed by atoms with E-state index in [0.717, 1.165) is 50.7 Å². The Labute approximate surface area is 164 Å². The molecule has 0 spiro atoms.